The predicted octanol–water partition coefficient (Wildman–Crippen LogP) is 4.15. The average molecular weight is 504 g/mol. The normalized spacial score (nSPS) is 11.6. The van der Waals surface area contributed by atoms with E-state index in [1.807, 2.05) is 56.3 Å². The van der Waals surface area contributed by atoms with Crippen molar-refractivity contribution < 1.29 is 23.1 Å². The Morgan fingerprint density at radius 1 is 1.15 bits per heavy atom. The third-order valence-corrected chi connectivity index (χ3v) is 8.14. The largest absolute Gasteiger partial charge is 0.482 e. The summed E-state index contributed by atoms with van der Waals surface area (Å²) in [6.07, 6.45) is 2.12. The zero-order chi connectivity index (χ0) is 24.7. The first kappa shape index (κ1) is 25.8. The summed E-state index contributed by atoms with van der Waals surface area (Å²) in [6, 6.07) is 14.9. The van der Waals surface area contributed by atoms with Crippen molar-refractivity contribution in [2.24, 2.45) is 0 Å². The van der Waals surface area contributed by atoms with Crippen LogP contribution >= 0.6 is 11.8 Å². The zero-order valence-corrected chi connectivity index (χ0v) is 21.1. The Bertz CT molecular complexity index is 1230. The maximum atomic E-state index is 13.5. The molecular formula is C24H29N3O5S2. The van der Waals surface area contributed by atoms with Crippen molar-refractivity contribution in [2.75, 3.05) is 25.4 Å². The van der Waals surface area contributed by atoms with Gasteiger partial charge in [-0.3, -0.25) is 0 Å². The minimum atomic E-state index is -3.70. The first-order valence-electron chi connectivity index (χ1n) is 10.9. The SMILES string of the molecule is CCCN(CCSc1ccc(OCC(=O)O)c(C)c1)S(=O)(=O)c1cnn(-c2ccccc2)c1C. The second kappa shape index (κ2) is 11.5. The van der Waals surface area contributed by atoms with Crippen molar-refractivity contribution in [2.45, 2.75) is 37.0 Å². The van der Waals surface area contributed by atoms with Crippen LogP contribution in [0.3, 0.4) is 0 Å². The molecule has 0 spiro atoms. The van der Waals surface area contributed by atoms with E-state index in [4.69, 9.17) is 9.84 Å². The van der Waals surface area contributed by atoms with Crippen LogP contribution in [0.5, 0.6) is 5.75 Å². The summed E-state index contributed by atoms with van der Waals surface area (Å²) in [6.45, 7) is 5.95. The highest BCUT2D eigenvalue weighted by atomic mass is 32.2. The molecule has 0 saturated carbocycles. The number of carboxylic acids is 1. The van der Waals surface area contributed by atoms with E-state index in [0.29, 0.717) is 36.7 Å². The summed E-state index contributed by atoms with van der Waals surface area (Å²) in [7, 11) is -3.70. The van der Waals surface area contributed by atoms with E-state index in [1.165, 1.54) is 10.5 Å². The van der Waals surface area contributed by atoms with Crippen LogP contribution < -0.4 is 4.74 Å². The Morgan fingerprint density at radius 3 is 2.53 bits per heavy atom. The maximum Gasteiger partial charge on any atom is 0.341 e. The summed E-state index contributed by atoms with van der Waals surface area (Å²) >= 11 is 1.54. The van der Waals surface area contributed by atoms with Gasteiger partial charge < -0.3 is 9.84 Å². The van der Waals surface area contributed by atoms with Crippen molar-refractivity contribution in [1.29, 1.82) is 0 Å². The van der Waals surface area contributed by atoms with Gasteiger partial charge >= 0.3 is 5.97 Å². The molecule has 182 valence electrons. The molecule has 0 saturated heterocycles. The van der Waals surface area contributed by atoms with Crippen LogP contribution in [0.15, 0.2) is 64.5 Å². The molecule has 34 heavy (non-hydrogen) atoms. The molecular weight excluding hydrogens is 474 g/mol. The lowest BCUT2D eigenvalue weighted by Gasteiger charge is -2.21. The van der Waals surface area contributed by atoms with Crippen molar-refractivity contribution >= 4 is 27.8 Å². The van der Waals surface area contributed by atoms with Gasteiger partial charge in [0.25, 0.3) is 0 Å². The summed E-state index contributed by atoms with van der Waals surface area (Å²) in [5.41, 5.74) is 2.21. The predicted molar refractivity (Wildman–Crippen MR) is 132 cm³/mol. The number of rotatable bonds is 12. The van der Waals surface area contributed by atoms with Crippen LogP contribution in [0.1, 0.15) is 24.6 Å². The van der Waals surface area contributed by atoms with Crippen LogP contribution in [0.25, 0.3) is 5.69 Å². The number of para-hydroxylation sites is 1. The molecule has 8 nitrogen and oxygen atoms in total. The second-order valence-corrected chi connectivity index (χ2v) is 10.8. The fraction of sp³-hybridized carbons (Fsp3) is 0.333. The van der Waals surface area contributed by atoms with E-state index in [1.54, 1.807) is 29.4 Å². The van der Waals surface area contributed by atoms with Gasteiger partial charge in [0, 0.05) is 23.7 Å². The van der Waals surface area contributed by atoms with Gasteiger partial charge in [-0.2, -0.15) is 9.40 Å². The number of ether oxygens (including phenoxy) is 1. The molecule has 3 aromatic rings. The van der Waals surface area contributed by atoms with Gasteiger partial charge in [0.05, 0.1) is 17.6 Å². The van der Waals surface area contributed by atoms with Crippen LogP contribution in [-0.2, 0) is 14.8 Å². The van der Waals surface area contributed by atoms with Crippen molar-refractivity contribution in [3.05, 3.63) is 66.0 Å². The molecule has 1 N–H and O–H groups in total. The van der Waals surface area contributed by atoms with Gasteiger partial charge in [-0.15, -0.1) is 11.8 Å². The van der Waals surface area contributed by atoms with Crippen molar-refractivity contribution in [3.8, 4) is 11.4 Å². The van der Waals surface area contributed by atoms with Crippen LogP contribution in [0.2, 0.25) is 0 Å². The smallest absolute Gasteiger partial charge is 0.341 e. The van der Waals surface area contributed by atoms with Crippen LogP contribution in [-0.4, -0.2) is 59.0 Å². The summed E-state index contributed by atoms with van der Waals surface area (Å²) in [4.78, 5) is 11.9. The summed E-state index contributed by atoms with van der Waals surface area (Å²) in [5.74, 6) is 0.0623. The number of sulfonamides is 1. The number of hydrogen-bond acceptors (Lipinski definition) is 6. The van der Waals surface area contributed by atoms with Crippen molar-refractivity contribution in [3.63, 3.8) is 0 Å². The van der Waals surface area contributed by atoms with Gasteiger partial charge in [0.2, 0.25) is 10.0 Å². The monoisotopic (exact) mass is 503 g/mol. The topological polar surface area (TPSA) is 102 Å². The molecule has 0 unspecified atom stereocenters. The van der Waals surface area contributed by atoms with Crippen LogP contribution in [0, 0.1) is 13.8 Å². The highest BCUT2D eigenvalue weighted by Crippen LogP contribution is 2.27. The molecule has 3 rings (SSSR count). The van der Waals surface area contributed by atoms with E-state index in [0.717, 1.165) is 16.1 Å². The second-order valence-electron chi connectivity index (χ2n) is 7.70. The molecule has 0 aliphatic carbocycles. The van der Waals surface area contributed by atoms with E-state index in [2.05, 4.69) is 5.10 Å². The fourth-order valence-electron chi connectivity index (χ4n) is 3.50. The zero-order valence-electron chi connectivity index (χ0n) is 19.5. The lowest BCUT2D eigenvalue weighted by Crippen LogP contribution is -2.34. The highest BCUT2D eigenvalue weighted by molar-refractivity contribution is 7.99. The molecule has 0 aliphatic heterocycles. The standard InChI is InChI=1S/C24H29N3O5S2/c1-4-12-26(13-14-33-21-10-11-22(18(2)15-21)32-17-24(28)29)34(30,31)23-16-25-27(19(23)3)20-8-6-5-7-9-20/h5-11,15-16H,4,12-14,17H2,1-3H3,(H,28,29). The van der Waals surface area contributed by atoms with Crippen molar-refractivity contribution in [1.82, 2.24) is 14.1 Å². The first-order valence-corrected chi connectivity index (χ1v) is 13.3. The van der Waals surface area contributed by atoms with Gasteiger partial charge in [-0.05, 0) is 56.2 Å². The molecule has 0 atom stereocenters. The molecule has 0 aliphatic rings. The Kier molecular flexibility index (Phi) is 8.76. The highest BCUT2D eigenvalue weighted by Gasteiger charge is 2.28. The first-order chi connectivity index (χ1) is 16.2. The van der Waals surface area contributed by atoms with E-state index in [-0.39, 0.29) is 4.90 Å². The fourth-order valence-corrected chi connectivity index (χ4v) is 6.26. The molecule has 1 heterocycles. The van der Waals surface area contributed by atoms with E-state index in [9.17, 15) is 13.2 Å². The molecule has 0 fully saturated rings. The number of benzene rings is 2. The van der Waals surface area contributed by atoms with Gasteiger partial charge in [-0.1, -0.05) is 25.1 Å². The quantitative estimate of drug-likeness (QED) is 0.371. The number of carbonyl (C=O) groups is 1. The number of carboxylic acid groups (broad SMARTS) is 1. The number of aromatic nitrogens is 2. The number of thioether (sulfide) groups is 1. The molecule has 10 heteroatoms. The van der Waals surface area contributed by atoms with E-state index >= 15 is 0 Å². The number of hydrogen-bond donors (Lipinski definition) is 1. The van der Waals surface area contributed by atoms with Crippen LogP contribution in [0.4, 0.5) is 0 Å². The molecule has 0 radical (unpaired) electrons. The molecule has 2 aromatic carbocycles. The Balaban J connectivity index is 1.70. The lowest BCUT2D eigenvalue weighted by molar-refractivity contribution is -0.139. The minimum absolute atomic E-state index is 0.213. The number of nitrogens with zero attached hydrogens (tertiary/aromatic N) is 3. The maximum absolute atomic E-state index is 13.5. The van der Waals surface area contributed by atoms with E-state index < -0.39 is 22.6 Å². The Hall–Kier alpha value is -2.82. The van der Waals surface area contributed by atoms with Gasteiger partial charge in [-0.25, -0.2) is 17.9 Å². The average Bonchev–Trinajstić information content (AvgIpc) is 3.20. The lowest BCUT2D eigenvalue weighted by atomic mass is 10.2. The third kappa shape index (κ3) is 6.19. The Morgan fingerprint density at radius 2 is 1.88 bits per heavy atom. The summed E-state index contributed by atoms with van der Waals surface area (Å²) < 4.78 is 35.3. The molecule has 0 amide bonds. The number of aliphatic carboxylic acids is 1. The third-order valence-electron chi connectivity index (χ3n) is 5.16. The summed E-state index contributed by atoms with van der Waals surface area (Å²) in [5, 5.41) is 13.1. The molecule has 1 aromatic heterocycles. The minimum Gasteiger partial charge on any atom is -0.482 e. The van der Waals surface area contributed by atoms with Gasteiger partial charge in [0.15, 0.2) is 6.61 Å². The number of aryl methyl sites for hydroxylation is 1. The van der Waals surface area contributed by atoms with Gasteiger partial charge in [0.1, 0.15) is 10.6 Å². The molecule has 0 bridgehead atoms. The Labute approximate surface area is 204 Å².